The number of nitro benzene ring substituents is 1. The van der Waals surface area contributed by atoms with Crippen LogP contribution >= 0.6 is 0 Å². The number of hydrogen-bond acceptors (Lipinski definition) is 9. The van der Waals surface area contributed by atoms with Gasteiger partial charge in [-0.05, 0) is 17.5 Å². The zero-order valence-corrected chi connectivity index (χ0v) is 20.6. The van der Waals surface area contributed by atoms with Crippen molar-refractivity contribution in [1.29, 1.82) is 5.26 Å². The molecule has 0 saturated heterocycles. The van der Waals surface area contributed by atoms with E-state index < -0.39 is 22.8 Å². The SMILES string of the molecule is CCC1=C(C(=O)OCCC#N)C(c2ccc([N+](=O)[O-])cc2)C(C(=O)OCc2ccccc2)=C(COC)N1. The summed E-state index contributed by atoms with van der Waals surface area (Å²) in [7, 11) is 1.48. The molecule has 0 amide bonds. The minimum absolute atomic E-state index is 0.00269. The number of nitrogens with zero attached hydrogens (tertiary/aromatic N) is 2. The number of esters is 2. The molecule has 1 unspecified atom stereocenters. The monoisotopic (exact) mass is 505 g/mol. The Morgan fingerprint density at radius 3 is 2.24 bits per heavy atom. The van der Waals surface area contributed by atoms with Crippen LogP contribution in [0.3, 0.4) is 0 Å². The second-order valence-electron chi connectivity index (χ2n) is 8.08. The van der Waals surface area contributed by atoms with E-state index in [4.69, 9.17) is 19.5 Å². The largest absolute Gasteiger partial charge is 0.461 e. The third-order valence-electron chi connectivity index (χ3n) is 5.71. The molecular formula is C27H27N3O7. The highest BCUT2D eigenvalue weighted by Crippen LogP contribution is 2.40. The van der Waals surface area contributed by atoms with Gasteiger partial charge in [0, 0.05) is 24.9 Å². The van der Waals surface area contributed by atoms with Gasteiger partial charge in [0.05, 0.1) is 46.8 Å². The van der Waals surface area contributed by atoms with Crippen molar-refractivity contribution >= 4 is 17.6 Å². The number of allylic oxidation sites excluding steroid dienone is 1. The Hall–Kier alpha value is -4.49. The number of dihydropyridines is 1. The lowest BCUT2D eigenvalue weighted by Gasteiger charge is -2.32. The first kappa shape index (κ1) is 27.1. The zero-order chi connectivity index (χ0) is 26.8. The van der Waals surface area contributed by atoms with Gasteiger partial charge >= 0.3 is 11.9 Å². The van der Waals surface area contributed by atoms with Crippen molar-refractivity contribution in [3.05, 3.63) is 98.4 Å². The first-order valence-corrected chi connectivity index (χ1v) is 11.6. The second-order valence-corrected chi connectivity index (χ2v) is 8.08. The molecule has 2 aromatic rings. The Kier molecular flexibility index (Phi) is 9.52. The molecule has 0 aromatic heterocycles. The van der Waals surface area contributed by atoms with E-state index in [-0.39, 0.29) is 43.1 Å². The zero-order valence-electron chi connectivity index (χ0n) is 20.6. The van der Waals surface area contributed by atoms with Crippen LogP contribution < -0.4 is 5.32 Å². The maximum absolute atomic E-state index is 13.5. The van der Waals surface area contributed by atoms with Gasteiger partial charge in [-0.3, -0.25) is 10.1 Å². The quantitative estimate of drug-likeness (QED) is 0.207. The van der Waals surface area contributed by atoms with Gasteiger partial charge in [-0.15, -0.1) is 0 Å². The van der Waals surface area contributed by atoms with Crippen molar-refractivity contribution < 1.29 is 28.7 Å². The number of ether oxygens (including phenoxy) is 3. The summed E-state index contributed by atoms with van der Waals surface area (Å²) in [5.41, 5.74) is 2.33. The summed E-state index contributed by atoms with van der Waals surface area (Å²) in [4.78, 5) is 37.5. The van der Waals surface area contributed by atoms with E-state index in [1.807, 2.05) is 43.3 Å². The van der Waals surface area contributed by atoms with Crippen molar-refractivity contribution in [1.82, 2.24) is 5.32 Å². The molecule has 1 aliphatic rings. The topological polar surface area (TPSA) is 141 Å². The van der Waals surface area contributed by atoms with Crippen LogP contribution in [-0.2, 0) is 30.4 Å². The highest BCUT2D eigenvalue weighted by atomic mass is 16.6. The summed E-state index contributed by atoms with van der Waals surface area (Å²) < 4.78 is 16.3. The fraction of sp³-hybridized carbons (Fsp3) is 0.296. The van der Waals surface area contributed by atoms with E-state index in [0.29, 0.717) is 23.4 Å². The molecule has 10 heteroatoms. The van der Waals surface area contributed by atoms with Crippen LogP contribution in [0, 0.1) is 21.4 Å². The predicted octanol–water partition coefficient (Wildman–Crippen LogP) is 4.05. The number of hydrogen-bond donors (Lipinski definition) is 1. The number of rotatable bonds is 11. The van der Waals surface area contributed by atoms with Crippen molar-refractivity contribution in [2.24, 2.45) is 0 Å². The Bertz CT molecular complexity index is 1250. The van der Waals surface area contributed by atoms with E-state index in [0.717, 1.165) is 5.56 Å². The molecule has 0 fully saturated rings. The summed E-state index contributed by atoms with van der Waals surface area (Å²) in [5.74, 6) is -2.32. The average Bonchev–Trinajstić information content (AvgIpc) is 2.91. The van der Waals surface area contributed by atoms with Crippen molar-refractivity contribution in [2.45, 2.75) is 32.3 Å². The maximum Gasteiger partial charge on any atom is 0.337 e. The minimum atomic E-state index is -0.944. The normalized spacial score (nSPS) is 15.0. The molecule has 1 N–H and O–H groups in total. The summed E-state index contributed by atoms with van der Waals surface area (Å²) in [6.45, 7) is 1.74. The number of nitro groups is 1. The molecule has 1 heterocycles. The first-order valence-electron chi connectivity index (χ1n) is 11.6. The number of non-ortho nitro benzene ring substituents is 1. The molecule has 2 aromatic carbocycles. The molecular weight excluding hydrogens is 478 g/mol. The van der Waals surface area contributed by atoms with Crippen molar-refractivity contribution in [2.75, 3.05) is 20.3 Å². The van der Waals surface area contributed by atoms with Crippen LogP contribution in [0.15, 0.2) is 77.1 Å². The number of carbonyl (C=O) groups is 2. The van der Waals surface area contributed by atoms with Crippen molar-refractivity contribution in [3.63, 3.8) is 0 Å². The van der Waals surface area contributed by atoms with E-state index in [2.05, 4.69) is 5.32 Å². The van der Waals surface area contributed by atoms with Gasteiger partial charge in [-0.25, -0.2) is 9.59 Å². The second kappa shape index (κ2) is 13.0. The summed E-state index contributed by atoms with van der Waals surface area (Å²) >= 11 is 0. The average molecular weight is 506 g/mol. The molecule has 3 rings (SSSR count). The summed E-state index contributed by atoms with van der Waals surface area (Å²) in [6, 6.07) is 16.7. The fourth-order valence-corrected chi connectivity index (χ4v) is 4.02. The lowest BCUT2D eigenvalue weighted by Crippen LogP contribution is -2.35. The molecule has 0 saturated carbocycles. The molecule has 1 aliphatic heterocycles. The number of nitrogens with one attached hydrogen (secondary N) is 1. The molecule has 192 valence electrons. The number of nitriles is 1. The van der Waals surface area contributed by atoms with Crippen LogP contribution in [0.1, 0.15) is 36.8 Å². The van der Waals surface area contributed by atoms with Crippen LogP contribution in [0.2, 0.25) is 0 Å². The standard InChI is InChI=1S/C27H27N3O7/c1-3-21-24(26(31)36-15-7-14-28)23(19-10-12-20(13-11-19)30(33)34)25(22(29-21)17-35-2)27(32)37-16-18-8-5-4-6-9-18/h4-6,8-13,23,29H,3,7,15-17H2,1-2H3. The molecule has 0 aliphatic carbocycles. The highest BCUT2D eigenvalue weighted by molar-refractivity contribution is 6.00. The number of methoxy groups -OCH3 is 1. The van der Waals surface area contributed by atoms with Gasteiger partial charge in [-0.2, -0.15) is 5.26 Å². The van der Waals surface area contributed by atoms with Crippen LogP contribution in [0.4, 0.5) is 5.69 Å². The predicted molar refractivity (Wildman–Crippen MR) is 133 cm³/mol. The molecule has 0 spiro atoms. The number of benzene rings is 2. The van der Waals surface area contributed by atoms with E-state index in [9.17, 15) is 19.7 Å². The third-order valence-corrected chi connectivity index (χ3v) is 5.71. The van der Waals surface area contributed by atoms with Crippen LogP contribution in [0.25, 0.3) is 0 Å². The molecule has 0 bridgehead atoms. The van der Waals surface area contributed by atoms with Gasteiger partial charge in [0.2, 0.25) is 0 Å². The lowest BCUT2D eigenvalue weighted by molar-refractivity contribution is -0.384. The summed E-state index contributed by atoms with van der Waals surface area (Å²) in [6.07, 6.45) is 0.401. The van der Waals surface area contributed by atoms with Crippen molar-refractivity contribution in [3.8, 4) is 6.07 Å². The molecule has 0 radical (unpaired) electrons. The van der Waals surface area contributed by atoms with Crippen LogP contribution in [0.5, 0.6) is 0 Å². The van der Waals surface area contributed by atoms with Gasteiger partial charge in [0.15, 0.2) is 0 Å². The lowest BCUT2D eigenvalue weighted by atomic mass is 9.79. The Balaban J connectivity index is 2.11. The van der Waals surface area contributed by atoms with Gasteiger partial charge in [0.25, 0.3) is 5.69 Å². The van der Waals surface area contributed by atoms with E-state index >= 15 is 0 Å². The van der Waals surface area contributed by atoms with Crippen LogP contribution in [-0.4, -0.2) is 37.2 Å². The molecule has 10 nitrogen and oxygen atoms in total. The minimum Gasteiger partial charge on any atom is -0.461 e. The Labute approximate surface area is 214 Å². The van der Waals surface area contributed by atoms with Gasteiger partial charge < -0.3 is 19.5 Å². The Morgan fingerprint density at radius 2 is 1.65 bits per heavy atom. The first-order chi connectivity index (χ1) is 17.9. The fourth-order valence-electron chi connectivity index (χ4n) is 4.02. The van der Waals surface area contributed by atoms with Gasteiger partial charge in [-0.1, -0.05) is 49.4 Å². The molecule has 37 heavy (non-hydrogen) atoms. The highest BCUT2D eigenvalue weighted by Gasteiger charge is 2.39. The van der Waals surface area contributed by atoms with Gasteiger partial charge in [0.1, 0.15) is 13.2 Å². The molecule has 1 atom stereocenters. The van der Waals surface area contributed by atoms with E-state index in [1.54, 1.807) is 0 Å². The third kappa shape index (κ3) is 6.59. The number of carbonyl (C=O) groups excluding carboxylic acids is 2. The smallest absolute Gasteiger partial charge is 0.337 e. The summed E-state index contributed by atoms with van der Waals surface area (Å²) in [5, 5.41) is 23.2. The van der Waals surface area contributed by atoms with E-state index in [1.165, 1.54) is 31.4 Å². The maximum atomic E-state index is 13.5. The Morgan fingerprint density at radius 1 is 1.00 bits per heavy atom.